The average Bonchev–Trinajstić information content (AvgIpc) is 2.67. The topological polar surface area (TPSA) is 121 Å². The van der Waals surface area contributed by atoms with Gasteiger partial charge in [0.2, 0.25) is 0 Å². The quantitative estimate of drug-likeness (QED) is 0.577. The maximum atomic E-state index is 11.4. The molecule has 0 atom stereocenters. The molecule has 98 valence electrons. The number of esters is 1. The maximum Gasteiger partial charge on any atom is 0.354 e. The predicted octanol–water partition coefficient (Wildman–Crippen LogP) is 0.316. The summed E-state index contributed by atoms with van der Waals surface area (Å²) in [4.78, 5) is 35.6. The van der Waals surface area contributed by atoms with Gasteiger partial charge in [0.1, 0.15) is 12.2 Å². The summed E-state index contributed by atoms with van der Waals surface area (Å²) < 4.78 is 4.34. The van der Waals surface area contributed by atoms with Crippen LogP contribution in [0.15, 0.2) is 6.07 Å². The van der Waals surface area contributed by atoms with E-state index in [4.69, 9.17) is 5.11 Å². The monoisotopic (exact) mass is 255 g/mol. The van der Waals surface area contributed by atoms with E-state index >= 15 is 0 Å². The first-order chi connectivity index (χ1) is 8.43. The molecule has 0 saturated carbocycles. The van der Waals surface area contributed by atoms with E-state index in [9.17, 15) is 14.4 Å². The molecule has 1 heterocycles. The summed E-state index contributed by atoms with van der Waals surface area (Å²) in [6, 6.07) is 0.781. The summed E-state index contributed by atoms with van der Waals surface area (Å²) in [5, 5.41) is 13.4. The van der Waals surface area contributed by atoms with Gasteiger partial charge < -0.3 is 25.5 Å². The third kappa shape index (κ3) is 3.51. The van der Waals surface area contributed by atoms with Gasteiger partial charge in [-0.1, -0.05) is 0 Å². The van der Waals surface area contributed by atoms with E-state index in [1.54, 1.807) is 6.92 Å². The highest BCUT2D eigenvalue weighted by Gasteiger charge is 2.15. The molecule has 18 heavy (non-hydrogen) atoms. The van der Waals surface area contributed by atoms with Gasteiger partial charge in [-0.15, -0.1) is 0 Å². The van der Waals surface area contributed by atoms with Crippen molar-refractivity contribution in [2.45, 2.75) is 6.92 Å². The number of methoxy groups -OCH3 is 1. The number of carbonyl (C=O) groups is 3. The lowest BCUT2D eigenvalue weighted by Gasteiger charge is -2.05. The summed E-state index contributed by atoms with van der Waals surface area (Å²) in [6.07, 6.45) is 0. The summed E-state index contributed by atoms with van der Waals surface area (Å²) in [7, 11) is 1.19. The number of nitrogens with one attached hydrogen (secondary N) is 3. The van der Waals surface area contributed by atoms with E-state index in [1.807, 2.05) is 0 Å². The predicted molar refractivity (Wildman–Crippen MR) is 61.5 cm³/mol. The van der Waals surface area contributed by atoms with Crippen LogP contribution in [0.4, 0.5) is 10.5 Å². The molecule has 0 fully saturated rings. The zero-order chi connectivity index (χ0) is 13.7. The largest absolute Gasteiger partial charge is 0.477 e. The molecule has 0 spiro atoms. The molecule has 0 saturated heterocycles. The van der Waals surface area contributed by atoms with Gasteiger partial charge in [-0.05, 0) is 13.0 Å². The minimum Gasteiger partial charge on any atom is -0.477 e. The molecule has 0 unspecified atom stereocenters. The molecular weight excluding hydrogens is 242 g/mol. The molecule has 8 heteroatoms. The number of carbonyl (C=O) groups excluding carboxylic acids is 2. The third-order valence-electron chi connectivity index (χ3n) is 2.04. The SMILES string of the molecule is COC(=O)CNC(=O)Nc1cc(C)[nH]c1C(=O)O. The van der Waals surface area contributed by atoms with Crippen LogP contribution < -0.4 is 10.6 Å². The lowest BCUT2D eigenvalue weighted by atomic mass is 10.3. The zero-order valence-electron chi connectivity index (χ0n) is 9.86. The average molecular weight is 255 g/mol. The van der Waals surface area contributed by atoms with E-state index in [0.717, 1.165) is 0 Å². The minimum atomic E-state index is -1.19. The number of aromatic carboxylic acids is 1. The fourth-order valence-electron chi connectivity index (χ4n) is 1.25. The van der Waals surface area contributed by atoms with E-state index in [0.29, 0.717) is 5.69 Å². The Hall–Kier alpha value is -2.51. The van der Waals surface area contributed by atoms with Crippen LogP contribution in [0.2, 0.25) is 0 Å². The van der Waals surface area contributed by atoms with Crippen LogP contribution in [0.5, 0.6) is 0 Å². The number of aromatic nitrogens is 1. The van der Waals surface area contributed by atoms with Crippen molar-refractivity contribution >= 4 is 23.7 Å². The molecule has 0 radical (unpaired) electrons. The molecular formula is C10H13N3O5. The Morgan fingerprint density at radius 1 is 1.44 bits per heavy atom. The fraction of sp³-hybridized carbons (Fsp3) is 0.300. The molecule has 1 aromatic rings. The number of aromatic amines is 1. The number of anilines is 1. The van der Waals surface area contributed by atoms with Crippen molar-refractivity contribution in [3.63, 3.8) is 0 Å². The van der Waals surface area contributed by atoms with Crippen molar-refractivity contribution in [2.24, 2.45) is 0 Å². The van der Waals surface area contributed by atoms with Gasteiger partial charge in [0.05, 0.1) is 12.8 Å². The molecule has 1 aromatic heterocycles. The molecule has 1 rings (SSSR count). The first-order valence-electron chi connectivity index (χ1n) is 4.98. The Balaban J connectivity index is 2.64. The van der Waals surface area contributed by atoms with E-state index in [-0.39, 0.29) is 17.9 Å². The van der Waals surface area contributed by atoms with Crippen molar-refractivity contribution < 1.29 is 24.2 Å². The molecule has 0 aromatic carbocycles. The van der Waals surface area contributed by atoms with Gasteiger partial charge >= 0.3 is 18.0 Å². The Bertz CT molecular complexity index is 480. The number of hydrogen-bond donors (Lipinski definition) is 4. The number of ether oxygens (including phenoxy) is 1. The van der Waals surface area contributed by atoms with Crippen molar-refractivity contribution in [1.82, 2.24) is 10.3 Å². The third-order valence-corrected chi connectivity index (χ3v) is 2.04. The number of aryl methyl sites for hydroxylation is 1. The van der Waals surface area contributed by atoms with E-state index < -0.39 is 18.0 Å². The molecule has 2 amide bonds. The lowest BCUT2D eigenvalue weighted by Crippen LogP contribution is -2.34. The minimum absolute atomic E-state index is 0.124. The van der Waals surface area contributed by atoms with Crippen LogP contribution in [-0.4, -0.2) is 41.7 Å². The standard InChI is InChI=1S/C10H13N3O5/c1-5-3-6(8(12-5)9(15)16)13-10(17)11-4-7(14)18-2/h3,12H,4H2,1-2H3,(H,15,16)(H2,11,13,17). The summed E-state index contributed by atoms with van der Waals surface area (Å²) in [6.45, 7) is 1.36. The number of H-pyrrole nitrogens is 1. The van der Waals surface area contributed by atoms with Crippen LogP contribution in [0, 0.1) is 6.92 Å². The number of carboxylic acids is 1. The molecule has 0 aliphatic carbocycles. The van der Waals surface area contributed by atoms with Crippen LogP contribution in [0.1, 0.15) is 16.2 Å². The van der Waals surface area contributed by atoms with Crippen LogP contribution >= 0.6 is 0 Å². The number of hydrogen-bond acceptors (Lipinski definition) is 4. The number of rotatable bonds is 4. The Morgan fingerprint density at radius 2 is 2.11 bits per heavy atom. The second kappa shape index (κ2) is 5.71. The highest BCUT2D eigenvalue weighted by Crippen LogP contribution is 2.16. The zero-order valence-corrected chi connectivity index (χ0v) is 9.86. The Labute approximate surface area is 102 Å². The second-order valence-electron chi connectivity index (χ2n) is 3.43. The van der Waals surface area contributed by atoms with Gasteiger partial charge in [-0.3, -0.25) is 4.79 Å². The molecule has 4 N–H and O–H groups in total. The highest BCUT2D eigenvalue weighted by molar-refractivity contribution is 5.99. The molecule has 0 aliphatic heterocycles. The number of carboxylic acid groups (broad SMARTS) is 1. The van der Waals surface area contributed by atoms with Gasteiger partial charge in [0.25, 0.3) is 0 Å². The fourth-order valence-corrected chi connectivity index (χ4v) is 1.25. The van der Waals surface area contributed by atoms with Gasteiger partial charge in [0.15, 0.2) is 0 Å². The van der Waals surface area contributed by atoms with Crippen molar-refractivity contribution in [3.8, 4) is 0 Å². The molecule has 0 bridgehead atoms. The van der Waals surface area contributed by atoms with Crippen LogP contribution in [0.3, 0.4) is 0 Å². The second-order valence-corrected chi connectivity index (χ2v) is 3.43. The van der Waals surface area contributed by atoms with Crippen molar-refractivity contribution in [1.29, 1.82) is 0 Å². The highest BCUT2D eigenvalue weighted by atomic mass is 16.5. The van der Waals surface area contributed by atoms with E-state index in [1.165, 1.54) is 13.2 Å². The van der Waals surface area contributed by atoms with Gasteiger partial charge in [-0.25, -0.2) is 9.59 Å². The van der Waals surface area contributed by atoms with Crippen LogP contribution in [0.25, 0.3) is 0 Å². The normalized spacial score (nSPS) is 9.67. The van der Waals surface area contributed by atoms with Crippen molar-refractivity contribution in [3.05, 3.63) is 17.5 Å². The first-order valence-corrected chi connectivity index (χ1v) is 4.98. The van der Waals surface area contributed by atoms with Crippen molar-refractivity contribution in [2.75, 3.05) is 19.0 Å². The molecule has 0 aliphatic rings. The summed E-state index contributed by atoms with van der Waals surface area (Å²) in [5.74, 6) is -1.79. The summed E-state index contributed by atoms with van der Waals surface area (Å²) >= 11 is 0. The Kier molecular flexibility index (Phi) is 4.30. The maximum absolute atomic E-state index is 11.4. The van der Waals surface area contributed by atoms with Gasteiger partial charge in [-0.2, -0.15) is 0 Å². The van der Waals surface area contributed by atoms with Gasteiger partial charge in [0, 0.05) is 5.69 Å². The first kappa shape index (κ1) is 13.6. The lowest BCUT2D eigenvalue weighted by molar-refractivity contribution is -0.139. The smallest absolute Gasteiger partial charge is 0.354 e. The summed E-state index contributed by atoms with van der Waals surface area (Å²) in [5.41, 5.74) is 0.596. The molecule has 8 nitrogen and oxygen atoms in total. The van der Waals surface area contributed by atoms with E-state index in [2.05, 4.69) is 20.4 Å². The Morgan fingerprint density at radius 3 is 2.67 bits per heavy atom. The number of urea groups is 1. The van der Waals surface area contributed by atoms with Crippen LogP contribution in [-0.2, 0) is 9.53 Å². The number of amides is 2.